The van der Waals surface area contributed by atoms with Gasteiger partial charge in [0.05, 0.1) is 12.7 Å². The second-order valence-corrected chi connectivity index (χ2v) is 3.94. The molecule has 18 heavy (non-hydrogen) atoms. The summed E-state index contributed by atoms with van der Waals surface area (Å²) in [7, 11) is 1.56. The third-order valence-corrected chi connectivity index (χ3v) is 2.59. The predicted molar refractivity (Wildman–Crippen MR) is 69.2 cm³/mol. The topological polar surface area (TPSA) is 42.2 Å². The van der Waals surface area contributed by atoms with Gasteiger partial charge in [-0.1, -0.05) is 23.7 Å². The number of rotatable bonds is 3. The van der Waals surface area contributed by atoms with Gasteiger partial charge in [-0.25, -0.2) is 0 Å². The van der Waals surface area contributed by atoms with Gasteiger partial charge in [0.15, 0.2) is 11.5 Å². The first kappa shape index (κ1) is 12.3. The summed E-state index contributed by atoms with van der Waals surface area (Å²) in [6.07, 6.45) is 0. The number of ether oxygens (including phenoxy) is 2. The molecular weight excluding hydrogens is 250 g/mol. The minimum atomic E-state index is 0.412. The Hall–Kier alpha value is -2.18. The molecule has 0 spiro atoms. The maximum atomic E-state index is 9.01. The van der Waals surface area contributed by atoms with E-state index < -0.39 is 0 Å². The summed E-state index contributed by atoms with van der Waals surface area (Å²) in [6, 6.07) is 14.1. The Morgan fingerprint density at radius 1 is 1.06 bits per heavy atom. The molecule has 0 N–H and O–H groups in total. The van der Waals surface area contributed by atoms with E-state index in [0.717, 1.165) is 0 Å². The van der Waals surface area contributed by atoms with Gasteiger partial charge in [-0.15, -0.1) is 0 Å². The maximum Gasteiger partial charge on any atom is 0.169 e. The molecule has 0 fully saturated rings. The van der Waals surface area contributed by atoms with Gasteiger partial charge in [0.1, 0.15) is 11.8 Å². The lowest BCUT2D eigenvalue weighted by Gasteiger charge is -2.11. The molecule has 2 aromatic carbocycles. The molecule has 0 radical (unpaired) electrons. The molecule has 0 unspecified atom stereocenters. The van der Waals surface area contributed by atoms with Gasteiger partial charge in [-0.2, -0.15) is 5.26 Å². The normalized spacial score (nSPS) is 9.61. The van der Waals surface area contributed by atoms with Gasteiger partial charge in [0.2, 0.25) is 0 Å². The quantitative estimate of drug-likeness (QED) is 0.836. The Bertz CT molecular complexity index is 605. The largest absolute Gasteiger partial charge is 0.493 e. The zero-order chi connectivity index (χ0) is 13.0. The maximum absolute atomic E-state index is 9.01. The monoisotopic (exact) mass is 259 g/mol. The van der Waals surface area contributed by atoms with E-state index in [1.54, 1.807) is 37.4 Å². The van der Waals surface area contributed by atoms with Crippen LogP contribution < -0.4 is 9.47 Å². The fraction of sp³-hybridized carbons (Fsp3) is 0.0714. The van der Waals surface area contributed by atoms with Gasteiger partial charge >= 0.3 is 0 Å². The van der Waals surface area contributed by atoms with Crippen LogP contribution in [0.5, 0.6) is 17.2 Å². The first-order valence-corrected chi connectivity index (χ1v) is 5.63. The van der Waals surface area contributed by atoms with Gasteiger partial charge in [0.25, 0.3) is 0 Å². The van der Waals surface area contributed by atoms with Crippen LogP contribution in [0.2, 0.25) is 5.02 Å². The fourth-order valence-electron chi connectivity index (χ4n) is 1.49. The van der Waals surface area contributed by atoms with Crippen molar-refractivity contribution in [2.24, 2.45) is 0 Å². The number of halogens is 1. The number of hydrogen-bond acceptors (Lipinski definition) is 3. The second-order valence-electron chi connectivity index (χ2n) is 3.51. The van der Waals surface area contributed by atoms with Crippen molar-refractivity contribution in [1.82, 2.24) is 0 Å². The zero-order valence-corrected chi connectivity index (χ0v) is 10.4. The minimum Gasteiger partial charge on any atom is -0.493 e. The summed E-state index contributed by atoms with van der Waals surface area (Å²) >= 11 is 5.89. The van der Waals surface area contributed by atoms with Crippen LogP contribution in [0.15, 0.2) is 42.5 Å². The smallest absolute Gasteiger partial charge is 0.169 e. The Kier molecular flexibility index (Phi) is 3.71. The summed E-state index contributed by atoms with van der Waals surface area (Å²) in [6.45, 7) is 0. The average Bonchev–Trinajstić information content (AvgIpc) is 2.40. The van der Waals surface area contributed by atoms with Crippen LogP contribution in [-0.4, -0.2) is 7.11 Å². The van der Waals surface area contributed by atoms with Crippen LogP contribution in [0.4, 0.5) is 0 Å². The van der Waals surface area contributed by atoms with E-state index in [1.807, 2.05) is 12.1 Å². The highest BCUT2D eigenvalue weighted by Crippen LogP contribution is 2.33. The number of nitrogens with zero attached hydrogens (tertiary/aromatic N) is 1. The standard InChI is InChI=1S/C14H10ClNO2/c1-17-12-4-2-3-5-13(12)18-14-8-11(15)7-6-10(14)9-16/h2-8H,1H3. The highest BCUT2D eigenvalue weighted by Gasteiger charge is 2.09. The summed E-state index contributed by atoms with van der Waals surface area (Å²) < 4.78 is 10.9. The second kappa shape index (κ2) is 5.44. The van der Waals surface area contributed by atoms with Crippen LogP contribution in [0.3, 0.4) is 0 Å². The molecule has 0 bridgehead atoms. The number of hydrogen-bond donors (Lipinski definition) is 0. The molecule has 0 heterocycles. The van der Waals surface area contributed by atoms with Crippen LogP contribution >= 0.6 is 11.6 Å². The molecule has 2 aromatic rings. The lowest BCUT2D eigenvalue weighted by atomic mass is 10.2. The van der Waals surface area contributed by atoms with Crippen LogP contribution in [0, 0.1) is 11.3 Å². The molecule has 0 aliphatic rings. The van der Waals surface area contributed by atoms with Gasteiger partial charge in [-0.05, 0) is 24.3 Å². The van der Waals surface area contributed by atoms with Crippen LogP contribution in [0.25, 0.3) is 0 Å². The predicted octanol–water partition coefficient (Wildman–Crippen LogP) is 4.01. The number of para-hydroxylation sites is 2. The van der Waals surface area contributed by atoms with E-state index in [0.29, 0.717) is 27.8 Å². The van der Waals surface area contributed by atoms with Crippen molar-refractivity contribution in [3.8, 4) is 23.3 Å². The molecule has 0 aromatic heterocycles. The number of nitriles is 1. The first-order valence-electron chi connectivity index (χ1n) is 5.25. The summed E-state index contributed by atoms with van der Waals surface area (Å²) in [4.78, 5) is 0. The molecule has 0 amide bonds. The molecule has 90 valence electrons. The SMILES string of the molecule is COc1ccccc1Oc1cc(Cl)ccc1C#N. The zero-order valence-electron chi connectivity index (χ0n) is 9.68. The van der Waals surface area contributed by atoms with Crippen molar-refractivity contribution < 1.29 is 9.47 Å². The highest BCUT2D eigenvalue weighted by atomic mass is 35.5. The van der Waals surface area contributed by atoms with E-state index in [4.69, 9.17) is 26.3 Å². The van der Waals surface area contributed by atoms with E-state index in [1.165, 1.54) is 0 Å². The summed E-state index contributed by atoms with van der Waals surface area (Å²) in [5.74, 6) is 1.55. The summed E-state index contributed by atoms with van der Waals surface area (Å²) in [5, 5.41) is 9.52. The van der Waals surface area contributed by atoms with Crippen LogP contribution in [0.1, 0.15) is 5.56 Å². The lowest BCUT2D eigenvalue weighted by Crippen LogP contribution is -1.92. The third-order valence-electron chi connectivity index (χ3n) is 2.35. The molecule has 0 saturated heterocycles. The van der Waals surface area contributed by atoms with E-state index in [-0.39, 0.29) is 0 Å². The van der Waals surface area contributed by atoms with Crippen molar-refractivity contribution in [2.45, 2.75) is 0 Å². The molecule has 4 heteroatoms. The Morgan fingerprint density at radius 3 is 2.44 bits per heavy atom. The van der Waals surface area contributed by atoms with E-state index in [2.05, 4.69) is 6.07 Å². The van der Waals surface area contributed by atoms with Crippen LogP contribution in [-0.2, 0) is 0 Å². The molecule has 2 rings (SSSR count). The molecule has 0 saturated carbocycles. The van der Waals surface area contributed by atoms with Crippen molar-refractivity contribution in [2.75, 3.05) is 7.11 Å². The average molecular weight is 260 g/mol. The number of methoxy groups -OCH3 is 1. The van der Waals surface area contributed by atoms with Gasteiger partial charge in [-0.3, -0.25) is 0 Å². The first-order chi connectivity index (χ1) is 8.74. The van der Waals surface area contributed by atoms with Gasteiger partial charge < -0.3 is 9.47 Å². The van der Waals surface area contributed by atoms with E-state index in [9.17, 15) is 0 Å². The highest BCUT2D eigenvalue weighted by molar-refractivity contribution is 6.30. The third kappa shape index (κ3) is 2.55. The molecular formula is C14H10ClNO2. The van der Waals surface area contributed by atoms with Crippen molar-refractivity contribution >= 4 is 11.6 Å². The lowest BCUT2D eigenvalue weighted by molar-refractivity contribution is 0.378. The van der Waals surface area contributed by atoms with Gasteiger partial charge in [0, 0.05) is 11.1 Å². The van der Waals surface area contributed by atoms with Crippen molar-refractivity contribution in [3.05, 3.63) is 53.1 Å². The van der Waals surface area contributed by atoms with Crippen molar-refractivity contribution in [3.63, 3.8) is 0 Å². The van der Waals surface area contributed by atoms with E-state index >= 15 is 0 Å². The fourth-order valence-corrected chi connectivity index (χ4v) is 1.66. The Morgan fingerprint density at radius 2 is 1.78 bits per heavy atom. The Labute approximate surface area is 110 Å². The molecule has 3 nitrogen and oxygen atoms in total. The van der Waals surface area contributed by atoms with Crippen molar-refractivity contribution in [1.29, 1.82) is 5.26 Å². The molecule has 0 aliphatic carbocycles. The molecule has 0 aliphatic heterocycles. The summed E-state index contributed by atoms with van der Waals surface area (Å²) in [5.41, 5.74) is 0.422. The minimum absolute atomic E-state index is 0.412. The number of benzene rings is 2. The molecule has 0 atom stereocenters. The Balaban J connectivity index is 2.40.